The van der Waals surface area contributed by atoms with Crippen LogP contribution in [0.25, 0.3) is 0 Å². The number of likely N-dealkylation sites (tertiary alicyclic amines) is 1. The predicted molar refractivity (Wildman–Crippen MR) is 88.7 cm³/mol. The van der Waals surface area contributed by atoms with E-state index in [2.05, 4.69) is 9.97 Å². The summed E-state index contributed by atoms with van der Waals surface area (Å²) >= 11 is 5.82. The van der Waals surface area contributed by atoms with Crippen molar-refractivity contribution in [3.05, 3.63) is 63.3 Å². The van der Waals surface area contributed by atoms with Crippen LogP contribution in [0.4, 0.5) is 0 Å². The van der Waals surface area contributed by atoms with Gasteiger partial charge < -0.3 is 9.88 Å². The van der Waals surface area contributed by atoms with E-state index < -0.39 is 0 Å². The number of carbonyl (C=O) groups is 1. The lowest BCUT2D eigenvalue weighted by atomic mass is 10.0. The third kappa shape index (κ3) is 3.62. The Morgan fingerprint density at radius 3 is 2.91 bits per heavy atom. The quantitative estimate of drug-likeness (QED) is 0.936. The first kappa shape index (κ1) is 15.7. The van der Waals surface area contributed by atoms with Crippen molar-refractivity contribution in [1.82, 2.24) is 14.9 Å². The van der Waals surface area contributed by atoms with Gasteiger partial charge in [0, 0.05) is 31.2 Å². The van der Waals surface area contributed by atoms with E-state index in [4.69, 9.17) is 11.6 Å². The van der Waals surface area contributed by atoms with E-state index in [0.29, 0.717) is 5.56 Å². The van der Waals surface area contributed by atoms with Crippen molar-refractivity contribution in [1.29, 1.82) is 0 Å². The molecule has 1 saturated heterocycles. The van der Waals surface area contributed by atoms with E-state index >= 15 is 0 Å². The topological polar surface area (TPSA) is 66.1 Å². The molecule has 0 saturated carbocycles. The van der Waals surface area contributed by atoms with Crippen molar-refractivity contribution in [2.75, 3.05) is 6.54 Å². The number of nitrogens with zero attached hydrogens (tertiary/aromatic N) is 2. The minimum absolute atomic E-state index is 0.0448. The molecule has 1 aliphatic rings. The van der Waals surface area contributed by atoms with E-state index in [1.54, 1.807) is 12.4 Å². The number of carbonyl (C=O) groups excluding carboxylic acids is 1. The number of hydrogen-bond acceptors (Lipinski definition) is 3. The SMILES string of the molecule is O=C(c1c[nH]c(=O)c(Cl)c1)N1CCC[C@@H]1CCc1ccncc1. The summed E-state index contributed by atoms with van der Waals surface area (Å²) in [5.74, 6) is -0.0691. The normalized spacial score (nSPS) is 17.4. The molecule has 0 spiro atoms. The summed E-state index contributed by atoms with van der Waals surface area (Å²) in [6.45, 7) is 0.747. The summed E-state index contributed by atoms with van der Waals surface area (Å²) in [7, 11) is 0. The molecule has 0 aromatic carbocycles. The lowest BCUT2D eigenvalue weighted by Crippen LogP contribution is -2.36. The number of aryl methyl sites for hydroxylation is 1. The van der Waals surface area contributed by atoms with Crippen molar-refractivity contribution in [3.8, 4) is 0 Å². The molecule has 1 aliphatic heterocycles. The summed E-state index contributed by atoms with van der Waals surface area (Å²) in [5, 5.41) is 0.0448. The fourth-order valence-electron chi connectivity index (χ4n) is 3.03. The van der Waals surface area contributed by atoms with Gasteiger partial charge in [-0.1, -0.05) is 11.6 Å². The molecular weight excluding hydrogens is 314 g/mol. The van der Waals surface area contributed by atoms with Gasteiger partial charge in [-0.2, -0.15) is 0 Å². The van der Waals surface area contributed by atoms with Crippen LogP contribution in [-0.2, 0) is 6.42 Å². The number of amides is 1. The van der Waals surface area contributed by atoms with Gasteiger partial charge in [-0.05, 0) is 49.4 Å². The monoisotopic (exact) mass is 331 g/mol. The molecule has 0 bridgehead atoms. The fraction of sp³-hybridized carbons (Fsp3) is 0.353. The summed E-state index contributed by atoms with van der Waals surface area (Å²) in [5.41, 5.74) is 1.29. The molecular formula is C17H18ClN3O2. The van der Waals surface area contributed by atoms with Crippen LogP contribution < -0.4 is 5.56 Å². The zero-order chi connectivity index (χ0) is 16.2. The number of pyridine rings is 2. The number of hydrogen-bond donors (Lipinski definition) is 1. The first-order valence-corrected chi connectivity index (χ1v) is 8.11. The third-order valence-corrected chi connectivity index (χ3v) is 4.54. The highest BCUT2D eigenvalue weighted by atomic mass is 35.5. The van der Waals surface area contributed by atoms with Gasteiger partial charge in [-0.25, -0.2) is 0 Å². The molecule has 6 heteroatoms. The molecule has 3 rings (SSSR count). The molecule has 1 amide bonds. The maximum atomic E-state index is 12.7. The molecule has 0 radical (unpaired) electrons. The molecule has 1 atom stereocenters. The number of rotatable bonds is 4. The minimum Gasteiger partial charge on any atom is -0.336 e. The predicted octanol–water partition coefficient (Wildman–Crippen LogP) is 2.66. The number of nitrogens with one attached hydrogen (secondary N) is 1. The van der Waals surface area contributed by atoms with Crippen LogP contribution in [0.5, 0.6) is 0 Å². The second-order valence-electron chi connectivity index (χ2n) is 5.75. The summed E-state index contributed by atoms with van der Waals surface area (Å²) in [6.07, 6.45) is 8.87. The van der Waals surface area contributed by atoms with E-state index in [9.17, 15) is 9.59 Å². The van der Waals surface area contributed by atoms with Gasteiger partial charge in [0.2, 0.25) is 0 Å². The van der Waals surface area contributed by atoms with Crippen LogP contribution in [0.15, 0.2) is 41.6 Å². The van der Waals surface area contributed by atoms with Crippen LogP contribution in [0.2, 0.25) is 5.02 Å². The number of aromatic amines is 1. The molecule has 2 aromatic heterocycles. The Balaban J connectivity index is 1.69. The molecule has 3 heterocycles. The summed E-state index contributed by atoms with van der Waals surface area (Å²) in [6, 6.07) is 5.67. The highest BCUT2D eigenvalue weighted by Gasteiger charge is 2.29. The Kier molecular flexibility index (Phi) is 4.76. The molecule has 0 unspecified atom stereocenters. The van der Waals surface area contributed by atoms with Gasteiger partial charge in [-0.3, -0.25) is 14.6 Å². The van der Waals surface area contributed by atoms with Gasteiger partial charge in [0.15, 0.2) is 0 Å². The molecule has 0 aliphatic carbocycles. The highest BCUT2D eigenvalue weighted by Crippen LogP contribution is 2.24. The molecule has 1 fully saturated rings. The standard InChI is InChI=1S/C17H18ClN3O2/c18-15-10-13(11-20-16(15)22)17(23)21-9-1-2-14(21)4-3-12-5-7-19-8-6-12/h5-8,10-11,14H,1-4,9H2,(H,20,22)/t14-/m1/s1. The first-order valence-electron chi connectivity index (χ1n) is 7.73. The molecule has 120 valence electrons. The van der Waals surface area contributed by atoms with Crippen molar-refractivity contribution >= 4 is 17.5 Å². The van der Waals surface area contributed by atoms with Crippen LogP contribution in [0, 0.1) is 0 Å². The number of aromatic nitrogens is 2. The lowest BCUT2D eigenvalue weighted by molar-refractivity contribution is 0.0730. The van der Waals surface area contributed by atoms with Crippen LogP contribution in [0.3, 0.4) is 0 Å². The van der Waals surface area contributed by atoms with Gasteiger partial charge >= 0.3 is 0 Å². The Labute approximate surface area is 139 Å². The fourth-order valence-corrected chi connectivity index (χ4v) is 3.20. The summed E-state index contributed by atoms with van der Waals surface area (Å²) < 4.78 is 0. The molecule has 2 aromatic rings. The van der Waals surface area contributed by atoms with Crippen LogP contribution in [0.1, 0.15) is 35.2 Å². The average molecular weight is 332 g/mol. The molecule has 23 heavy (non-hydrogen) atoms. The zero-order valence-electron chi connectivity index (χ0n) is 12.7. The number of halogens is 1. The Hall–Kier alpha value is -2.14. The molecule has 1 N–H and O–H groups in total. The van der Waals surface area contributed by atoms with Gasteiger partial charge in [0.25, 0.3) is 11.5 Å². The second kappa shape index (κ2) is 6.96. The first-order chi connectivity index (χ1) is 11.1. The van der Waals surface area contributed by atoms with E-state index in [-0.39, 0.29) is 22.5 Å². The third-order valence-electron chi connectivity index (χ3n) is 4.26. The van der Waals surface area contributed by atoms with Crippen LogP contribution in [-0.4, -0.2) is 33.4 Å². The van der Waals surface area contributed by atoms with E-state index in [0.717, 1.165) is 32.2 Å². The molecule has 5 nitrogen and oxygen atoms in total. The Morgan fingerprint density at radius 2 is 2.17 bits per heavy atom. The minimum atomic E-state index is -0.376. The maximum Gasteiger partial charge on any atom is 0.266 e. The van der Waals surface area contributed by atoms with Crippen LogP contribution >= 0.6 is 11.6 Å². The lowest BCUT2D eigenvalue weighted by Gasteiger charge is -2.25. The number of H-pyrrole nitrogens is 1. The van der Waals surface area contributed by atoms with Crippen molar-refractivity contribution in [2.24, 2.45) is 0 Å². The van der Waals surface area contributed by atoms with Gasteiger partial charge in [0.05, 0.1) is 5.56 Å². The van der Waals surface area contributed by atoms with Crippen molar-refractivity contribution < 1.29 is 4.79 Å². The van der Waals surface area contributed by atoms with E-state index in [1.807, 2.05) is 17.0 Å². The van der Waals surface area contributed by atoms with Gasteiger partial charge in [-0.15, -0.1) is 0 Å². The second-order valence-corrected chi connectivity index (χ2v) is 6.16. The Bertz CT molecular complexity index is 745. The largest absolute Gasteiger partial charge is 0.336 e. The smallest absolute Gasteiger partial charge is 0.266 e. The average Bonchev–Trinajstić information content (AvgIpc) is 3.04. The van der Waals surface area contributed by atoms with Crippen molar-refractivity contribution in [3.63, 3.8) is 0 Å². The summed E-state index contributed by atoms with van der Waals surface area (Å²) in [4.78, 5) is 32.4. The van der Waals surface area contributed by atoms with Crippen molar-refractivity contribution in [2.45, 2.75) is 31.7 Å². The zero-order valence-corrected chi connectivity index (χ0v) is 13.4. The Morgan fingerprint density at radius 1 is 1.39 bits per heavy atom. The van der Waals surface area contributed by atoms with E-state index in [1.165, 1.54) is 17.8 Å². The highest BCUT2D eigenvalue weighted by molar-refractivity contribution is 6.30. The van der Waals surface area contributed by atoms with Gasteiger partial charge in [0.1, 0.15) is 5.02 Å². The maximum absolute atomic E-state index is 12.7.